The van der Waals surface area contributed by atoms with Gasteiger partial charge in [0.25, 0.3) is 0 Å². The molecule has 6 nitrogen and oxygen atoms in total. The fourth-order valence-electron chi connectivity index (χ4n) is 4.18. The van der Waals surface area contributed by atoms with Gasteiger partial charge in [-0.25, -0.2) is 9.78 Å². The number of carbonyl (C=O) groups excluding carboxylic acids is 2. The second-order valence-electron chi connectivity index (χ2n) is 8.76. The van der Waals surface area contributed by atoms with Crippen molar-refractivity contribution < 1.29 is 14.3 Å². The Bertz CT molecular complexity index is 1110. The van der Waals surface area contributed by atoms with Gasteiger partial charge >= 0.3 is 6.09 Å². The van der Waals surface area contributed by atoms with Crippen LogP contribution in [0.5, 0.6) is 0 Å². The maximum Gasteiger partial charge on any atom is 0.410 e. The van der Waals surface area contributed by atoms with Gasteiger partial charge in [-0.1, -0.05) is 54.6 Å². The van der Waals surface area contributed by atoms with E-state index in [-0.39, 0.29) is 12.5 Å². The van der Waals surface area contributed by atoms with Gasteiger partial charge in [-0.2, -0.15) is 0 Å². The maximum absolute atomic E-state index is 12.9. The van der Waals surface area contributed by atoms with E-state index in [0.717, 1.165) is 35.6 Å². The quantitative estimate of drug-likeness (QED) is 0.504. The summed E-state index contributed by atoms with van der Waals surface area (Å²) in [6, 6.07) is 17.5. The molecule has 0 spiro atoms. The summed E-state index contributed by atoms with van der Waals surface area (Å²) in [7, 11) is 0. The number of rotatable bonds is 7. The van der Waals surface area contributed by atoms with Crippen LogP contribution in [0, 0.1) is 5.92 Å². The van der Waals surface area contributed by atoms with E-state index in [2.05, 4.69) is 34.6 Å². The summed E-state index contributed by atoms with van der Waals surface area (Å²) in [6.07, 6.45) is 4.79. The standard InChI is InChI=1S/C26H27N3O3S/c30-24(23-7-4-14-29(23)26(31)32-16-20-5-2-1-3-6-20)28-25-27-22(17-33-25)21-12-10-19(11-13-21)15-18-8-9-18/h1-3,5-6,10-13,17-18,23H,4,7-9,14-16H2,(H,27,28,30)/t23-/m1/s1. The number of nitrogens with zero attached hydrogens (tertiary/aromatic N) is 2. The van der Waals surface area contributed by atoms with E-state index >= 15 is 0 Å². The van der Waals surface area contributed by atoms with Gasteiger partial charge in [0.1, 0.15) is 12.6 Å². The molecule has 7 heteroatoms. The number of nitrogens with one attached hydrogen (secondary N) is 1. The molecule has 0 radical (unpaired) electrons. The zero-order valence-corrected chi connectivity index (χ0v) is 19.2. The van der Waals surface area contributed by atoms with Crippen LogP contribution in [0.2, 0.25) is 0 Å². The first-order valence-electron chi connectivity index (χ1n) is 11.5. The van der Waals surface area contributed by atoms with Crippen LogP contribution in [-0.4, -0.2) is 34.5 Å². The molecule has 2 aromatic carbocycles. The third-order valence-corrected chi connectivity index (χ3v) is 6.96. The van der Waals surface area contributed by atoms with Crippen molar-refractivity contribution in [2.75, 3.05) is 11.9 Å². The van der Waals surface area contributed by atoms with Crippen LogP contribution in [0.1, 0.15) is 36.8 Å². The number of benzene rings is 2. The van der Waals surface area contributed by atoms with E-state index < -0.39 is 12.1 Å². The van der Waals surface area contributed by atoms with E-state index in [1.54, 1.807) is 0 Å². The minimum absolute atomic E-state index is 0.194. The van der Waals surface area contributed by atoms with Crippen molar-refractivity contribution in [3.63, 3.8) is 0 Å². The number of aromatic nitrogens is 1. The van der Waals surface area contributed by atoms with Gasteiger partial charge in [0.15, 0.2) is 5.13 Å². The summed E-state index contributed by atoms with van der Waals surface area (Å²) in [5.41, 5.74) is 4.17. The first-order chi connectivity index (χ1) is 16.2. The van der Waals surface area contributed by atoms with E-state index in [0.29, 0.717) is 18.1 Å². The summed E-state index contributed by atoms with van der Waals surface area (Å²) >= 11 is 1.40. The molecule has 1 aromatic heterocycles. The number of likely N-dealkylation sites (tertiary alicyclic amines) is 1. The molecule has 2 fully saturated rings. The van der Waals surface area contributed by atoms with Gasteiger partial charge in [-0.3, -0.25) is 9.69 Å². The zero-order valence-electron chi connectivity index (χ0n) is 18.4. The van der Waals surface area contributed by atoms with E-state index in [1.165, 1.54) is 34.6 Å². The van der Waals surface area contributed by atoms with Crippen LogP contribution in [0.25, 0.3) is 11.3 Å². The minimum atomic E-state index is -0.540. The van der Waals surface area contributed by atoms with Crippen LogP contribution in [0.15, 0.2) is 60.0 Å². The highest BCUT2D eigenvalue weighted by atomic mass is 32.1. The summed E-state index contributed by atoms with van der Waals surface area (Å²) < 4.78 is 5.44. The van der Waals surface area contributed by atoms with Crippen molar-refractivity contribution in [3.05, 3.63) is 71.1 Å². The second kappa shape index (κ2) is 9.75. The normalized spacial score (nSPS) is 17.7. The first kappa shape index (κ1) is 21.6. The Morgan fingerprint density at radius 1 is 1.03 bits per heavy atom. The van der Waals surface area contributed by atoms with Crippen molar-refractivity contribution in [2.45, 2.75) is 44.8 Å². The van der Waals surface area contributed by atoms with Crippen LogP contribution in [0.4, 0.5) is 9.93 Å². The van der Waals surface area contributed by atoms with Crippen molar-refractivity contribution in [1.82, 2.24) is 9.88 Å². The Balaban J connectivity index is 1.17. The summed E-state index contributed by atoms with van der Waals surface area (Å²) in [5.74, 6) is 0.646. The predicted octanol–water partition coefficient (Wildman–Crippen LogP) is 5.50. The van der Waals surface area contributed by atoms with E-state index in [9.17, 15) is 9.59 Å². The molecule has 33 heavy (non-hydrogen) atoms. The van der Waals surface area contributed by atoms with E-state index in [1.807, 2.05) is 35.7 Å². The summed E-state index contributed by atoms with van der Waals surface area (Å²) in [5, 5.41) is 5.39. The molecule has 3 aromatic rings. The monoisotopic (exact) mass is 461 g/mol. The Labute approximate surface area is 197 Å². The van der Waals surface area contributed by atoms with Crippen molar-refractivity contribution in [3.8, 4) is 11.3 Å². The number of thiazole rings is 1. The minimum Gasteiger partial charge on any atom is -0.445 e. The van der Waals surface area contributed by atoms with E-state index in [4.69, 9.17) is 4.74 Å². The highest BCUT2D eigenvalue weighted by molar-refractivity contribution is 7.14. The molecule has 5 rings (SSSR count). The molecule has 1 saturated carbocycles. The molecule has 0 bridgehead atoms. The van der Waals surface area contributed by atoms with Gasteiger partial charge < -0.3 is 10.1 Å². The van der Waals surface area contributed by atoms with Crippen LogP contribution in [-0.2, 0) is 22.6 Å². The third kappa shape index (κ3) is 5.42. The lowest BCUT2D eigenvalue weighted by Crippen LogP contribution is -2.43. The number of hydrogen-bond acceptors (Lipinski definition) is 5. The first-order valence-corrected chi connectivity index (χ1v) is 12.4. The summed E-state index contributed by atoms with van der Waals surface area (Å²) in [6.45, 7) is 0.710. The second-order valence-corrected chi connectivity index (χ2v) is 9.62. The number of anilines is 1. The molecule has 1 aliphatic carbocycles. The summed E-state index contributed by atoms with van der Waals surface area (Å²) in [4.78, 5) is 31.6. The third-order valence-electron chi connectivity index (χ3n) is 6.20. The number of amides is 2. The average molecular weight is 462 g/mol. The Kier molecular flexibility index (Phi) is 6.39. The fourth-order valence-corrected chi connectivity index (χ4v) is 4.90. The predicted molar refractivity (Wildman–Crippen MR) is 129 cm³/mol. The molecular formula is C26H27N3O3S. The van der Waals surface area contributed by atoms with Crippen LogP contribution < -0.4 is 5.32 Å². The largest absolute Gasteiger partial charge is 0.445 e. The van der Waals surface area contributed by atoms with Crippen LogP contribution >= 0.6 is 11.3 Å². The van der Waals surface area contributed by atoms with Gasteiger partial charge in [0, 0.05) is 17.5 Å². The lowest BCUT2D eigenvalue weighted by atomic mass is 10.1. The van der Waals surface area contributed by atoms with Gasteiger partial charge in [0.2, 0.25) is 5.91 Å². The molecule has 170 valence electrons. The molecule has 2 amide bonds. The van der Waals surface area contributed by atoms with Crippen molar-refractivity contribution >= 4 is 28.5 Å². The Morgan fingerprint density at radius 2 is 1.82 bits per heavy atom. The number of ether oxygens (including phenoxy) is 1. The molecule has 2 heterocycles. The topological polar surface area (TPSA) is 71.5 Å². The van der Waals surface area contributed by atoms with Gasteiger partial charge in [-0.15, -0.1) is 11.3 Å². The Hall–Kier alpha value is -3.19. The lowest BCUT2D eigenvalue weighted by Gasteiger charge is -2.22. The highest BCUT2D eigenvalue weighted by Gasteiger charge is 2.35. The molecule has 1 aliphatic heterocycles. The molecule has 2 aliphatic rings. The molecule has 1 atom stereocenters. The molecular weight excluding hydrogens is 434 g/mol. The average Bonchev–Trinajstić information content (AvgIpc) is 3.32. The van der Waals surface area contributed by atoms with Crippen molar-refractivity contribution in [2.24, 2.45) is 5.92 Å². The van der Waals surface area contributed by atoms with Gasteiger partial charge in [0.05, 0.1) is 5.69 Å². The SMILES string of the molecule is O=C(Nc1nc(-c2ccc(CC3CC3)cc2)cs1)[C@H]1CCCN1C(=O)OCc1ccccc1. The van der Waals surface area contributed by atoms with Crippen LogP contribution in [0.3, 0.4) is 0 Å². The molecule has 1 saturated heterocycles. The number of carbonyl (C=O) groups is 2. The Morgan fingerprint density at radius 3 is 2.58 bits per heavy atom. The zero-order chi connectivity index (χ0) is 22.6. The maximum atomic E-state index is 12.9. The lowest BCUT2D eigenvalue weighted by molar-refractivity contribution is -0.120. The van der Waals surface area contributed by atoms with Gasteiger partial charge in [-0.05, 0) is 49.1 Å². The highest BCUT2D eigenvalue weighted by Crippen LogP contribution is 2.33. The number of hydrogen-bond donors (Lipinski definition) is 1. The molecule has 0 unspecified atom stereocenters. The fraction of sp³-hybridized carbons (Fsp3) is 0.346. The molecule has 1 N–H and O–H groups in total. The smallest absolute Gasteiger partial charge is 0.410 e. The van der Waals surface area contributed by atoms with Crippen molar-refractivity contribution in [1.29, 1.82) is 0 Å².